The van der Waals surface area contributed by atoms with Gasteiger partial charge in [0.1, 0.15) is 8.55 Å². The van der Waals surface area contributed by atoms with Gasteiger partial charge in [-0.05, 0) is 12.5 Å². The number of rotatable bonds is 3. The van der Waals surface area contributed by atoms with E-state index in [9.17, 15) is 18.3 Å². The summed E-state index contributed by atoms with van der Waals surface area (Å²) < 4.78 is 25.6. The Morgan fingerprint density at radius 1 is 1.61 bits per heavy atom. The van der Waals surface area contributed by atoms with Crippen LogP contribution >= 0.6 is 22.9 Å². The summed E-state index contributed by atoms with van der Waals surface area (Å²) in [5.74, 6) is -0.765. The zero-order valence-electron chi connectivity index (χ0n) is 9.17. The predicted octanol–water partition coefficient (Wildman–Crippen LogP) is 0.256. The zero-order valence-corrected chi connectivity index (χ0v) is 11.6. The number of hydrogen-bond donors (Lipinski definition) is 2. The molecule has 1 atom stereocenters. The molecule has 9 heteroatoms. The first-order valence-corrected chi connectivity index (χ1v) is 7.73. The maximum atomic E-state index is 12.2. The predicted molar refractivity (Wildman–Crippen MR) is 67.2 cm³/mol. The highest BCUT2D eigenvalue weighted by atomic mass is 35.5. The summed E-state index contributed by atoms with van der Waals surface area (Å²) in [6.45, 7) is 0.314. The van der Waals surface area contributed by atoms with Crippen molar-refractivity contribution in [2.45, 2.75) is 16.7 Å². The van der Waals surface area contributed by atoms with E-state index in [1.807, 2.05) is 0 Å². The van der Waals surface area contributed by atoms with Crippen molar-refractivity contribution in [1.82, 2.24) is 4.31 Å². The van der Waals surface area contributed by atoms with Gasteiger partial charge in [-0.15, -0.1) is 11.3 Å². The maximum Gasteiger partial charge on any atom is 0.252 e. The Morgan fingerprint density at radius 2 is 2.28 bits per heavy atom. The van der Waals surface area contributed by atoms with Crippen molar-refractivity contribution in [3.05, 3.63) is 16.0 Å². The summed E-state index contributed by atoms with van der Waals surface area (Å²) in [4.78, 5) is 11.0. The fourth-order valence-corrected chi connectivity index (χ4v) is 5.08. The van der Waals surface area contributed by atoms with Crippen LogP contribution in [-0.2, 0) is 10.0 Å². The summed E-state index contributed by atoms with van der Waals surface area (Å²) >= 11 is 6.56. The van der Waals surface area contributed by atoms with Crippen LogP contribution in [0.3, 0.4) is 0 Å². The molecular formula is C9H11ClN2O4S2. The van der Waals surface area contributed by atoms with Gasteiger partial charge in [0.25, 0.3) is 15.9 Å². The van der Waals surface area contributed by atoms with Crippen LogP contribution in [0.1, 0.15) is 16.8 Å². The van der Waals surface area contributed by atoms with Crippen LogP contribution in [-0.4, -0.2) is 42.9 Å². The molecule has 1 aliphatic heterocycles. The van der Waals surface area contributed by atoms with E-state index in [0.717, 1.165) is 11.3 Å². The molecule has 0 bridgehead atoms. The number of aliphatic hydroxyl groups is 1. The van der Waals surface area contributed by atoms with Crippen molar-refractivity contribution < 1.29 is 18.3 Å². The quantitative estimate of drug-likeness (QED) is 0.836. The SMILES string of the molecule is NC(=O)c1cc(S(=O)(=O)N2CCC(O)C2)sc1Cl. The number of aliphatic hydroxyl groups excluding tert-OH is 1. The molecule has 2 rings (SSSR count). The van der Waals surface area contributed by atoms with Gasteiger partial charge >= 0.3 is 0 Å². The Kier molecular flexibility index (Phi) is 3.65. The number of carbonyl (C=O) groups excluding carboxylic acids is 1. The molecule has 1 saturated heterocycles. The molecule has 0 aliphatic carbocycles. The Balaban J connectivity index is 2.36. The molecule has 1 fully saturated rings. The molecular weight excluding hydrogens is 300 g/mol. The van der Waals surface area contributed by atoms with Crippen LogP contribution in [0.25, 0.3) is 0 Å². The molecule has 2 heterocycles. The van der Waals surface area contributed by atoms with Crippen molar-refractivity contribution in [2.75, 3.05) is 13.1 Å². The van der Waals surface area contributed by atoms with Crippen LogP contribution < -0.4 is 5.73 Å². The Morgan fingerprint density at radius 3 is 2.72 bits per heavy atom. The molecule has 1 unspecified atom stereocenters. The zero-order chi connectivity index (χ0) is 13.5. The normalized spacial score (nSPS) is 21.3. The Bertz CT molecular complexity index is 583. The molecule has 1 aliphatic rings. The molecule has 18 heavy (non-hydrogen) atoms. The van der Waals surface area contributed by atoms with Gasteiger partial charge in [-0.3, -0.25) is 4.79 Å². The lowest BCUT2D eigenvalue weighted by molar-refractivity contribution is 0.100. The highest BCUT2D eigenvalue weighted by molar-refractivity contribution is 7.91. The number of primary amides is 1. The standard InChI is InChI=1S/C9H11ClN2O4S2/c10-8-6(9(11)14)3-7(17-8)18(15,16)12-2-1-5(13)4-12/h3,5,13H,1-2,4H2,(H2,11,14). The van der Waals surface area contributed by atoms with Crippen molar-refractivity contribution in [3.63, 3.8) is 0 Å². The van der Waals surface area contributed by atoms with Gasteiger partial charge in [-0.1, -0.05) is 11.6 Å². The third kappa shape index (κ3) is 2.39. The van der Waals surface area contributed by atoms with Crippen LogP contribution in [0, 0.1) is 0 Å². The minimum absolute atomic E-state index is 0.0000120. The molecule has 1 amide bonds. The summed E-state index contributed by atoms with van der Waals surface area (Å²) in [6, 6.07) is 1.18. The second-order valence-electron chi connectivity index (χ2n) is 3.92. The average molecular weight is 311 g/mol. The number of carbonyl (C=O) groups is 1. The molecule has 0 spiro atoms. The number of sulfonamides is 1. The fraction of sp³-hybridized carbons (Fsp3) is 0.444. The molecule has 0 aromatic carbocycles. The Hall–Kier alpha value is -0.670. The van der Waals surface area contributed by atoms with E-state index in [1.54, 1.807) is 0 Å². The third-order valence-corrected chi connectivity index (χ3v) is 6.32. The van der Waals surface area contributed by atoms with Gasteiger partial charge in [-0.25, -0.2) is 8.42 Å². The minimum Gasteiger partial charge on any atom is -0.392 e. The molecule has 0 saturated carbocycles. The second kappa shape index (κ2) is 4.78. The Labute approximate surface area is 113 Å². The van der Waals surface area contributed by atoms with Crippen LogP contribution in [0.15, 0.2) is 10.3 Å². The lowest BCUT2D eigenvalue weighted by atomic mass is 10.3. The van der Waals surface area contributed by atoms with Gasteiger partial charge in [-0.2, -0.15) is 4.31 Å². The second-order valence-corrected chi connectivity index (χ2v) is 7.74. The molecule has 6 nitrogen and oxygen atoms in total. The minimum atomic E-state index is -3.71. The van der Waals surface area contributed by atoms with E-state index in [0.29, 0.717) is 6.42 Å². The first-order chi connectivity index (χ1) is 8.32. The topological polar surface area (TPSA) is 101 Å². The highest BCUT2D eigenvalue weighted by Crippen LogP contribution is 2.33. The van der Waals surface area contributed by atoms with Gasteiger partial charge in [0.2, 0.25) is 0 Å². The monoisotopic (exact) mass is 310 g/mol. The van der Waals surface area contributed by atoms with Crippen molar-refractivity contribution in [2.24, 2.45) is 5.73 Å². The summed E-state index contributed by atoms with van der Waals surface area (Å²) in [5.41, 5.74) is 5.08. The number of halogens is 1. The first-order valence-electron chi connectivity index (χ1n) is 5.09. The van der Waals surface area contributed by atoms with Crippen molar-refractivity contribution in [3.8, 4) is 0 Å². The smallest absolute Gasteiger partial charge is 0.252 e. The number of nitrogens with two attached hydrogens (primary N) is 1. The van der Waals surface area contributed by atoms with Gasteiger partial charge < -0.3 is 10.8 Å². The van der Waals surface area contributed by atoms with E-state index in [4.69, 9.17) is 17.3 Å². The highest BCUT2D eigenvalue weighted by Gasteiger charge is 2.33. The van der Waals surface area contributed by atoms with Crippen molar-refractivity contribution >= 4 is 38.9 Å². The van der Waals surface area contributed by atoms with E-state index in [-0.39, 0.29) is 27.2 Å². The van der Waals surface area contributed by atoms with Crippen LogP contribution in [0.5, 0.6) is 0 Å². The van der Waals surface area contributed by atoms with Crippen LogP contribution in [0.2, 0.25) is 4.34 Å². The molecule has 1 aromatic heterocycles. The maximum absolute atomic E-state index is 12.2. The lowest BCUT2D eigenvalue weighted by Gasteiger charge is -2.13. The number of thiophene rings is 1. The summed E-state index contributed by atoms with van der Waals surface area (Å²) in [6.07, 6.45) is -0.244. The van der Waals surface area contributed by atoms with Gasteiger partial charge in [0.15, 0.2) is 0 Å². The molecule has 0 radical (unpaired) electrons. The van der Waals surface area contributed by atoms with Gasteiger partial charge in [0.05, 0.1) is 11.7 Å². The molecule has 3 N–H and O–H groups in total. The van der Waals surface area contributed by atoms with E-state index in [1.165, 1.54) is 10.4 Å². The lowest BCUT2D eigenvalue weighted by Crippen LogP contribution is -2.29. The molecule has 1 aromatic rings. The van der Waals surface area contributed by atoms with Gasteiger partial charge in [0, 0.05) is 13.1 Å². The fourth-order valence-electron chi connectivity index (χ4n) is 1.70. The van der Waals surface area contributed by atoms with E-state index < -0.39 is 22.0 Å². The summed E-state index contributed by atoms with van der Waals surface area (Å²) in [5, 5.41) is 9.35. The summed E-state index contributed by atoms with van der Waals surface area (Å²) in [7, 11) is -3.71. The largest absolute Gasteiger partial charge is 0.392 e. The van der Waals surface area contributed by atoms with Crippen molar-refractivity contribution in [1.29, 1.82) is 0 Å². The number of nitrogens with zero attached hydrogens (tertiary/aromatic N) is 1. The third-order valence-electron chi connectivity index (χ3n) is 2.65. The van der Waals surface area contributed by atoms with E-state index in [2.05, 4.69) is 0 Å². The average Bonchev–Trinajstić information content (AvgIpc) is 2.84. The number of hydrogen-bond acceptors (Lipinski definition) is 5. The number of amides is 1. The number of β-amino-alcohol motifs (C(OH)–C–C–N with tert-alkyl or cyclic N) is 1. The van der Waals surface area contributed by atoms with E-state index >= 15 is 0 Å². The first kappa shape index (κ1) is 13.8. The van der Waals surface area contributed by atoms with Crippen LogP contribution in [0.4, 0.5) is 0 Å². The molecule has 100 valence electrons.